The molecular formula is C22H28N6O2S. The molecule has 0 saturated carbocycles. The highest BCUT2D eigenvalue weighted by Gasteiger charge is 2.27. The van der Waals surface area contributed by atoms with Crippen molar-refractivity contribution in [3.8, 4) is 11.3 Å². The van der Waals surface area contributed by atoms with Gasteiger partial charge in [0, 0.05) is 36.5 Å². The lowest BCUT2D eigenvalue weighted by molar-refractivity contribution is -0.136. The molecule has 3 aromatic heterocycles. The first kappa shape index (κ1) is 21.4. The molecule has 1 N–H and O–H groups in total. The van der Waals surface area contributed by atoms with Gasteiger partial charge in [0.05, 0.1) is 18.2 Å². The number of thiophene rings is 1. The van der Waals surface area contributed by atoms with Crippen LogP contribution in [-0.4, -0.2) is 48.6 Å². The molecule has 0 unspecified atom stereocenters. The zero-order chi connectivity index (χ0) is 22.0. The fraction of sp³-hybridized carbons (Fsp3) is 0.500. The Balaban J connectivity index is 1.33. The number of H-pyrrole nitrogens is 1. The van der Waals surface area contributed by atoms with E-state index in [-0.39, 0.29) is 17.4 Å². The largest absolute Gasteiger partial charge is 0.342 e. The van der Waals surface area contributed by atoms with Crippen molar-refractivity contribution in [2.45, 2.75) is 46.6 Å². The molecule has 4 rings (SSSR count). The molecule has 0 bridgehead atoms. The summed E-state index contributed by atoms with van der Waals surface area (Å²) in [6.45, 7) is 7.74. The molecule has 31 heavy (non-hydrogen) atoms. The third-order valence-electron chi connectivity index (χ3n) is 5.85. The van der Waals surface area contributed by atoms with Gasteiger partial charge in [-0.05, 0) is 44.1 Å². The van der Waals surface area contributed by atoms with Crippen molar-refractivity contribution in [1.29, 1.82) is 0 Å². The average molecular weight is 441 g/mol. The normalized spacial score (nSPS) is 15.9. The molecule has 164 valence electrons. The number of likely N-dealkylation sites (tertiary alicyclic amines) is 1. The van der Waals surface area contributed by atoms with Crippen molar-refractivity contribution in [2.75, 3.05) is 13.1 Å². The molecule has 0 aromatic carbocycles. The number of nitrogens with one attached hydrogen (secondary N) is 1. The number of piperidine rings is 1. The predicted molar refractivity (Wildman–Crippen MR) is 120 cm³/mol. The zero-order valence-electron chi connectivity index (χ0n) is 18.2. The first-order chi connectivity index (χ1) is 14.9. The van der Waals surface area contributed by atoms with E-state index in [0.717, 1.165) is 61.1 Å². The maximum atomic E-state index is 12.9. The van der Waals surface area contributed by atoms with Gasteiger partial charge in [0.2, 0.25) is 5.91 Å². The number of hydrogen-bond donors (Lipinski definition) is 1. The third-order valence-corrected chi connectivity index (χ3v) is 6.53. The van der Waals surface area contributed by atoms with Crippen LogP contribution in [0.3, 0.4) is 0 Å². The zero-order valence-corrected chi connectivity index (χ0v) is 19.0. The Morgan fingerprint density at radius 3 is 2.71 bits per heavy atom. The Morgan fingerprint density at radius 2 is 2.06 bits per heavy atom. The summed E-state index contributed by atoms with van der Waals surface area (Å²) in [5.74, 6) is 2.72. The highest BCUT2D eigenvalue weighted by molar-refractivity contribution is 7.08. The standard InChI is InChI=1S/C22H28N6O2S/c1-14(12-28-16(3)23-15(2)26-28)22(30)27-7-4-17(5-8-27)10-20-24-19(11-21(29)25-20)18-6-9-31-13-18/h6,9,11,13-14,17H,4-5,7-8,10,12H2,1-3H3,(H,24,25,29)/t14-/m1/s1. The Morgan fingerprint density at radius 1 is 1.29 bits per heavy atom. The fourth-order valence-electron chi connectivity index (χ4n) is 4.18. The van der Waals surface area contributed by atoms with Gasteiger partial charge >= 0.3 is 0 Å². The predicted octanol–water partition coefficient (Wildman–Crippen LogP) is 2.82. The number of aryl methyl sites for hydroxylation is 2. The molecule has 4 heterocycles. The number of hydrogen-bond acceptors (Lipinski definition) is 6. The molecule has 9 heteroatoms. The second-order valence-electron chi connectivity index (χ2n) is 8.35. The molecule has 0 radical (unpaired) electrons. The molecule has 0 spiro atoms. The lowest BCUT2D eigenvalue weighted by Gasteiger charge is -2.33. The van der Waals surface area contributed by atoms with Crippen LogP contribution < -0.4 is 5.56 Å². The lowest BCUT2D eigenvalue weighted by atomic mass is 9.92. The highest BCUT2D eigenvalue weighted by atomic mass is 32.1. The number of rotatable bonds is 6. The fourth-order valence-corrected chi connectivity index (χ4v) is 4.83. The monoisotopic (exact) mass is 440 g/mol. The third kappa shape index (κ3) is 5.10. The van der Waals surface area contributed by atoms with Gasteiger partial charge in [0.15, 0.2) is 0 Å². The van der Waals surface area contributed by atoms with Crippen LogP contribution in [0.5, 0.6) is 0 Å². The molecular weight excluding hydrogens is 412 g/mol. The van der Waals surface area contributed by atoms with Crippen LogP contribution in [0.4, 0.5) is 0 Å². The number of amides is 1. The summed E-state index contributed by atoms with van der Waals surface area (Å²) in [5.41, 5.74) is 1.58. The van der Waals surface area contributed by atoms with E-state index in [1.165, 1.54) is 0 Å². The van der Waals surface area contributed by atoms with E-state index in [4.69, 9.17) is 0 Å². The molecule has 1 atom stereocenters. The quantitative estimate of drug-likeness (QED) is 0.636. The van der Waals surface area contributed by atoms with Gasteiger partial charge in [-0.15, -0.1) is 0 Å². The molecule has 3 aromatic rings. The van der Waals surface area contributed by atoms with Crippen LogP contribution in [0.15, 0.2) is 27.7 Å². The second-order valence-corrected chi connectivity index (χ2v) is 9.13. The van der Waals surface area contributed by atoms with Crippen LogP contribution >= 0.6 is 11.3 Å². The summed E-state index contributed by atoms with van der Waals surface area (Å²) < 4.78 is 1.81. The number of nitrogens with zero attached hydrogens (tertiary/aromatic N) is 5. The van der Waals surface area contributed by atoms with E-state index < -0.39 is 0 Å². The Hall–Kier alpha value is -2.81. The Kier molecular flexibility index (Phi) is 6.31. The van der Waals surface area contributed by atoms with E-state index in [1.807, 2.05) is 47.2 Å². The van der Waals surface area contributed by atoms with Gasteiger partial charge in [-0.25, -0.2) is 14.6 Å². The minimum atomic E-state index is -0.142. The summed E-state index contributed by atoms with van der Waals surface area (Å²) in [5, 5.41) is 8.35. The van der Waals surface area contributed by atoms with Crippen molar-refractivity contribution in [1.82, 2.24) is 29.6 Å². The second kappa shape index (κ2) is 9.13. The number of aromatic nitrogens is 5. The summed E-state index contributed by atoms with van der Waals surface area (Å²) in [4.78, 5) is 38.8. The van der Waals surface area contributed by atoms with Gasteiger partial charge in [0.1, 0.15) is 17.5 Å². The topological polar surface area (TPSA) is 96.8 Å². The SMILES string of the molecule is Cc1nc(C)n(C[C@@H](C)C(=O)N2CCC(Cc3nc(-c4ccsc4)cc(=O)[nH]3)CC2)n1. The van der Waals surface area contributed by atoms with E-state index in [2.05, 4.69) is 20.1 Å². The average Bonchev–Trinajstić information content (AvgIpc) is 3.37. The van der Waals surface area contributed by atoms with Crippen molar-refractivity contribution in [3.63, 3.8) is 0 Å². The summed E-state index contributed by atoms with van der Waals surface area (Å²) in [6, 6.07) is 3.52. The summed E-state index contributed by atoms with van der Waals surface area (Å²) >= 11 is 1.59. The minimum Gasteiger partial charge on any atom is -0.342 e. The summed E-state index contributed by atoms with van der Waals surface area (Å²) in [6.07, 6.45) is 2.54. The maximum Gasteiger partial charge on any atom is 0.251 e. The Bertz CT molecular complexity index is 1100. The van der Waals surface area contributed by atoms with Gasteiger partial charge in [0.25, 0.3) is 5.56 Å². The van der Waals surface area contributed by atoms with Gasteiger partial charge in [-0.2, -0.15) is 16.4 Å². The van der Waals surface area contributed by atoms with Gasteiger partial charge in [-0.1, -0.05) is 6.92 Å². The van der Waals surface area contributed by atoms with Crippen molar-refractivity contribution < 1.29 is 4.79 Å². The van der Waals surface area contributed by atoms with Crippen LogP contribution in [0.2, 0.25) is 0 Å². The lowest BCUT2D eigenvalue weighted by Crippen LogP contribution is -2.42. The van der Waals surface area contributed by atoms with Crippen LogP contribution in [0, 0.1) is 25.7 Å². The first-order valence-corrected chi connectivity index (χ1v) is 11.6. The highest BCUT2D eigenvalue weighted by Crippen LogP contribution is 2.23. The first-order valence-electron chi connectivity index (χ1n) is 10.7. The number of aromatic amines is 1. The van der Waals surface area contributed by atoms with Gasteiger partial charge < -0.3 is 9.88 Å². The van der Waals surface area contributed by atoms with Crippen LogP contribution in [-0.2, 0) is 17.8 Å². The van der Waals surface area contributed by atoms with Crippen molar-refractivity contribution in [3.05, 3.63) is 50.7 Å². The van der Waals surface area contributed by atoms with Crippen molar-refractivity contribution >= 4 is 17.2 Å². The summed E-state index contributed by atoms with van der Waals surface area (Å²) in [7, 11) is 0. The molecule has 1 fully saturated rings. The van der Waals surface area contributed by atoms with E-state index in [0.29, 0.717) is 12.5 Å². The molecule has 1 saturated heterocycles. The molecule has 1 aliphatic rings. The molecule has 0 aliphatic carbocycles. The van der Waals surface area contributed by atoms with E-state index in [9.17, 15) is 9.59 Å². The van der Waals surface area contributed by atoms with E-state index in [1.54, 1.807) is 17.4 Å². The van der Waals surface area contributed by atoms with E-state index >= 15 is 0 Å². The van der Waals surface area contributed by atoms with Crippen LogP contribution in [0.1, 0.15) is 37.2 Å². The molecule has 1 amide bonds. The Labute approximate surface area is 185 Å². The molecule has 1 aliphatic heterocycles. The van der Waals surface area contributed by atoms with Gasteiger partial charge in [-0.3, -0.25) is 9.59 Å². The van der Waals surface area contributed by atoms with Crippen LogP contribution in [0.25, 0.3) is 11.3 Å². The number of carbonyl (C=O) groups is 1. The number of carbonyl (C=O) groups excluding carboxylic acids is 1. The van der Waals surface area contributed by atoms with Crippen molar-refractivity contribution in [2.24, 2.45) is 11.8 Å². The molecule has 8 nitrogen and oxygen atoms in total. The smallest absolute Gasteiger partial charge is 0.251 e. The minimum absolute atomic E-state index is 0.119. The maximum absolute atomic E-state index is 12.9.